The summed E-state index contributed by atoms with van der Waals surface area (Å²) >= 11 is 7.30. The number of carbonyl (C=O) groups is 1. The Morgan fingerprint density at radius 1 is 1.06 bits per heavy atom. The molecule has 0 unspecified atom stereocenters. The number of amidine groups is 1. The van der Waals surface area contributed by atoms with Crippen molar-refractivity contribution in [2.75, 3.05) is 6.54 Å². The highest BCUT2D eigenvalue weighted by molar-refractivity contribution is 8.18. The minimum Gasteiger partial charge on any atom is -0.488 e. The Hall–Kier alpha value is -3.09. The van der Waals surface area contributed by atoms with Crippen LogP contribution in [0.3, 0.4) is 0 Å². The quantitative estimate of drug-likeness (QED) is 0.339. The second kappa shape index (κ2) is 10.7. The van der Waals surface area contributed by atoms with Crippen LogP contribution in [0.5, 0.6) is 5.75 Å². The molecule has 1 aliphatic heterocycles. The first kappa shape index (κ1) is 23.1. The summed E-state index contributed by atoms with van der Waals surface area (Å²) in [5, 5.41) is 1.26. The Morgan fingerprint density at radius 3 is 2.55 bits per heavy atom. The normalized spacial score (nSPS) is 16.1. The highest BCUT2D eigenvalue weighted by Gasteiger charge is 2.33. The maximum atomic E-state index is 14.0. The molecule has 4 nitrogen and oxygen atoms in total. The van der Waals surface area contributed by atoms with Crippen LogP contribution in [0.1, 0.15) is 24.5 Å². The topological polar surface area (TPSA) is 41.9 Å². The SMILES string of the molecule is CCCN1C(=O)/C(=C/c2ccccc2OCc2ccccc2F)SC1=Nc1ccc(Cl)cc1. The van der Waals surface area contributed by atoms with E-state index in [4.69, 9.17) is 16.3 Å². The van der Waals surface area contributed by atoms with Gasteiger partial charge in [-0.2, -0.15) is 0 Å². The smallest absolute Gasteiger partial charge is 0.266 e. The van der Waals surface area contributed by atoms with Gasteiger partial charge in [-0.25, -0.2) is 9.38 Å². The lowest BCUT2D eigenvalue weighted by Gasteiger charge is -2.14. The molecule has 0 aromatic heterocycles. The number of thioether (sulfide) groups is 1. The van der Waals surface area contributed by atoms with Crippen molar-refractivity contribution in [2.24, 2.45) is 4.99 Å². The highest BCUT2D eigenvalue weighted by Crippen LogP contribution is 2.36. The van der Waals surface area contributed by atoms with Crippen molar-refractivity contribution >= 4 is 46.2 Å². The molecule has 3 aromatic rings. The summed E-state index contributed by atoms with van der Waals surface area (Å²) < 4.78 is 19.9. The van der Waals surface area contributed by atoms with E-state index in [2.05, 4.69) is 4.99 Å². The van der Waals surface area contributed by atoms with Gasteiger partial charge < -0.3 is 4.74 Å². The summed E-state index contributed by atoms with van der Waals surface area (Å²) in [6, 6.07) is 21.1. The first-order valence-electron chi connectivity index (χ1n) is 10.6. The lowest BCUT2D eigenvalue weighted by atomic mass is 10.1. The number of halogens is 2. The number of rotatable bonds is 7. The molecule has 4 rings (SSSR count). The minimum atomic E-state index is -0.312. The van der Waals surface area contributed by atoms with E-state index in [1.54, 1.807) is 41.3 Å². The van der Waals surface area contributed by atoms with Crippen LogP contribution in [0.15, 0.2) is 82.7 Å². The van der Waals surface area contributed by atoms with E-state index in [0.29, 0.717) is 33.0 Å². The lowest BCUT2D eigenvalue weighted by Crippen LogP contribution is -2.29. The molecule has 1 heterocycles. The van der Waals surface area contributed by atoms with Gasteiger partial charge in [-0.15, -0.1) is 0 Å². The van der Waals surface area contributed by atoms with Crippen LogP contribution in [0.4, 0.5) is 10.1 Å². The van der Waals surface area contributed by atoms with Gasteiger partial charge in [0, 0.05) is 22.7 Å². The maximum absolute atomic E-state index is 14.0. The zero-order chi connectivity index (χ0) is 23.2. The molecule has 0 aliphatic carbocycles. The Labute approximate surface area is 201 Å². The van der Waals surface area contributed by atoms with Crippen molar-refractivity contribution in [3.8, 4) is 5.75 Å². The van der Waals surface area contributed by atoms with Crippen molar-refractivity contribution in [2.45, 2.75) is 20.0 Å². The van der Waals surface area contributed by atoms with Gasteiger partial charge in [-0.1, -0.05) is 54.9 Å². The molecule has 1 aliphatic rings. The molecule has 0 atom stereocenters. The number of hydrogen-bond acceptors (Lipinski definition) is 4. The number of hydrogen-bond donors (Lipinski definition) is 0. The van der Waals surface area contributed by atoms with Crippen molar-refractivity contribution in [1.29, 1.82) is 0 Å². The molecule has 3 aromatic carbocycles. The summed E-state index contributed by atoms with van der Waals surface area (Å²) in [7, 11) is 0. The Kier molecular flexibility index (Phi) is 7.47. The van der Waals surface area contributed by atoms with Crippen LogP contribution in [0.25, 0.3) is 6.08 Å². The molecule has 0 saturated carbocycles. The van der Waals surface area contributed by atoms with E-state index in [1.807, 2.05) is 43.3 Å². The van der Waals surface area contributed by atoms with E-state index < -0.39 is 0 Å². The largest absolute Gasteiger partial charge is 0.488 e. The first-order chi connectivity index (χ1) is 16.0. The minimum absolute atomic E-state index is 0.0964. The van der Waals surface area contributed by atoms with E-state index in [0.717, 1.165) is 17.7 Å². The number of amides is 1. The molecule has 1 saturated heterocycles. The third kappa shape index (κ3) is 5.64. The lowest BCUT2D eigenvalue weighted by molar-refractivity contribution is -0.122. The van der Waals surface area contributed by atoms with Gasteiger partial charge >= 0.3 is 0 Å². The third-order valence-electron chi connectivity index (χ3n) is 4.93. The molecule has 1 amide bonds. The highest BCUT2D eigenvalue weighted by atomic mass is 35.5. The monoisotopic (exact) mass is 480 g/mol. The van der Waals surface area contributed by atoms with Crippen LogP contribution >= 0.6 is 23.4 Å². The van der Waals surface area contributed by atoms with Crippen LogP contribution in [0.2, 0.25) is 5.02 Å². The van der Waals surface area contributed by atoms with Crippen LogP contribution < -0.4 is 4.74 Å². The zero-order valence-electron chi connectivity index (χ0n) is 18.0. The van der Waals surface area contributed by atoms with Crippen molar-refractivity contribution in [3.05, 3.63) is 99.7 Å². The number of carbonyl (C=O) groups excluding carboxylic acids is 1. The number of ether oxygens (including phenoxy) is 1. The predicted octanol–water partition coefficient (Wildman–Crippen LogP) is 7.07. The van der Waals surface area contributed by atoms with Gasteiger partial charge in [-0.05, 0) is 60.7 Å². The van der Waals surface area contributed by atoms with Crippen molar-refractivity contribution in [3.63, 3.8) is 0 Å². The maximum Gasteiger partial charge on any atom is 0.266 e. The second-order valence-electron chi connectivity index (χ2n) is 7.36. The van der Waals surface area contributed by atoms with Gasteiger partial charge in [-0.3, -0.25) is 9.69 Å². The summed E-state index contributed by atoms with van der Waals surface area (Å²) in [6.07, 6.45) is 2.61. The Morgan fingerprint density at radius 2 is 1.79 bits per heavy atom. The first-order valence-corrected chi connectivity index (χ1v) is 11.8. The van der Waals surface area contributed by atoms with Gasteiger partial charge in [0.1, 0.15) is 18.2 Å². The predicted molar refractivity (Wildman–Crippen MR) is 133 cm³/mol. The van der Waals surface area contributed by atoms with Crippen LogP contribution in [-0.2, 0) is 11.4 Å². The fourth-order valence-corrected chi connectivity index (χ4v) is 4.42. The molecule has 0 spiro atoms. The van der Waals surface area contributed by atoms with Crippen LogP contribution in [-0.4, -0.2) is 22.5 Å². The molecular formula is C26H22ClFN2O2S. The fraction of sp³-hybridized carbons (Fsp3) is 0.154. The van der Waals surface area contributed by atoms with Gasteiger partial charge in [0.2, 0.25) is 0 Å². The average molecular weight is 481 g/mol. The van der Waals surface area contributed by atoms with E-state index in [9.17, 15) is 9.18 Å². The number of nitrogens with zero attached hydrogens (tertiary/aromatic N) is 2. The molecule has 0 bridgehead atoms. The average Bonchev–Trinajstić information content (AvgIpc) is 3.10. The van der Waals surface area contributed by atoms with Crippen LogP contribution in [0, 0.1) is 5.82 Å². The third-order valence-corrected chi connectivity index (χ3v) is 6.19. The second-order valence-corrected chi connectivity index (χ2v) is 8.80. The Bertz CT molecular complexity index is 1210. The number of para-hydroxylation sites is 1. The number of benzene rings is 3. The van der Waals surface area contributed by atoms with E-state index in [-0.39, 0.29) is 18.3 Å². The van der Waals surface area contributed by atoms with Crippen molar-refractivity contribution < 1.29 is 13.9 Å². The zero-order valence-corrected chi connectivity index (χ0v) is 19.6. The summed E-state index contributed by atoms with van der Waals surface area (Å²) in [6.45, 7) is 2.69. The molecule has 0 N–H and O–H groups in total. The fourth-order valence-electron chi connectivity index (χ4n) is 3.28. The molecule has 33 heavy (non-hydrogen) atoms. The molecule has 0 radical (unpaired) electrons. The van der Waals surface area contributed by atoms with E-state index >= 15 is 0 Å². The van der Waals surface area contributed by atoms with Gasteiger partial charge in [0.15, 0.2) is 5.17 Å². The summed E-state index contributed by atoms with van der Waals surface area (Å²) in [4.78, 5) is 20.0. The van der Waals surface area contributed by atoms with Crippen molar-refractivity contribution in [1.82, 2.24) is 4.90 Å². The summed E-state index contributed by atoms with van der Waals surface area (Å²) in [5.74, 6) is 0.165. The standard InChI is InChI=1S/C26H22ClFN2O2S/c1-2-15-30-25(31)24(33-26(30)29-21-13-11-20(27)12-14-21)16-18-7-4-6-10-23(18)32-17-19-8-3-5-9-22(19)28/h3-14,16H,2,15,17H2,1H3/b24-16-,29-26?. The molecule has 7 heteroatoms. The van der Waals surface area contributed by atoms with Gasteiger partial charge in [0.05, 0.1) is 10.6 Å². The molecule has 168 valence electrons. The molecule has 1 fully saturated rings. The Balaban J connectivity index is 1.60. The summed E-state index contributed by atoms with van der Waals surface area (Å²) in [5.41, 5.74) is 1.94. The van der Waals surface area contributed by atoms with E-state index in [1.165, 1.54) is 17.8 Å². The van der Waals surface area contributed by atoms with Gasteiger partial charge in [0.25, 0.3) is 5.91 Å². The molecular weight excluding hydrogens is 459 g/mol. The number of aliphatic imine (C=N–C) groups is 1.